The number of rotatable bonds is 3. The maximum atomic E-state index is 11.1. The lowest BCUT2D eigenvalue weighted by atomic mass is 10.1. The molecule has 0 atom stereocenters. The van der Waals surface area contributed by atoms with Crippen molar-refractivity contribution in [2.24, 2.45) is 11.7 Å². The number of hydrogen-bond acceptors (Lipinski definition) is 3. The molecule has 2 rings (SSSR count). The van der Waals surface area contributed by atoms with Gasteiger partial charge >= 0.3 is 0 Å². The lowest BCUT2D eigenvalue weighted by Gasteiger charge is -2.08. The number of hydrogen-bond donors (Lipinski definition) is 1. The Hall–Kier alpha value is -2.30. The zero-order chi connectivity index (χ0) is 17.1. The Balaban J connectivity index is 0.000000640. The van der Waals surface area contributed by atoms with Crippen LogP contribution in [0, 0.1) is 5.92 Å². The van der Waals surface area contributed by atoms with Gasteiger partial charge in [0.1, 0.15) is 5.75 Å². The van der Waals surface area contributed by atoms with Gasteiger partial charge in [-0.1, -0.05) is 34.6 Å². The number of nitrogens with two attached hydrogens (primary N) is 1. The number of nitrogens with zero attached hydrogens (tertiary/aromatic N) is 2. The summed E-state index contributed by atoms with van der Waals surface area (Å²) < 4.78 is 6.78. The first kappa shape index (κ1) is 19.7. The summed E-state index contributed by atoms with van der Waals surface area (Å²) in [6, 6.07) is 6.91. The van der Waals surface area contributed by atoms with Crippen molar-refractivity contribution in [3.63, 3.8) is 0 Å². The van der Waals surface area contributed by atoms with Crippen LogP contribution in [0.5, 0.6) is 5.75 Å². The highest BCUT2D eigenvalue weighted by molar-refractivity contribution is 5.95. The number of methoxy groups -OCH3 is 1. The maximum absolute atomic E-state index is 11.1. The molecule has 0 saturated heterocycles. The Morgan fingerprint density at radius 1 is 1.27 bits per heavy atom. The number of aromatic nitrogens is 2. The quantitative estimate of drug-likeness (QED) is 0.940. The van der Waals surface area contributed by atoms with Gasteiger partial charge in [0.25, 0.3) is 5.91 Å². The van der Waals surface area contributed by atoms with Crippen molar-refractivity contribution >= 4 is 5.91 Å². The molecule has 1 aromatic heterocycles. The number of carbonyl (C=O) groups excluding carboxylic acids is 1. The Labute approximate surface area is 133 Å². The van der Waals surface area contributed by atoms with Gasteiger partial charge in [0.05, 0.1) is 18.4 Å². The van der Waals surface area contributed by atoms with Crippen molar-refractivity contribution in [1.29, 1.82) is 0 Å². The standard InChI is InChI=1S/C11H11N3O2.C4H10.C2H6/c1-16-10-7-8(14-6-2-5-13-14)3-4-9(10)11(12)15;1-4(2)3;1-2/h2-7H,1H3,(H2,12,15);4H,1-3H3;1-2H3. The molecular formula is C17H27N3O2. The molecule has 1 aromatic carbocycles. The third-order valence-electron chi connectivity index (χ3n) is 2.22. The van der Waals surface area contributed by atoms with E-state index in [-0.39, 0.29) is 0 Å². The Bertz CT molecular complexity index is 546. The number of ether oxygens (including phenoxy) is 1. The van der Waals surface area contributed by atoms with E-state index < -0.39 is 5.91 Å². The van der Waals surface area contributed by atoms with Gasteiger partial charge in [0.15, 0.2) is 0 Å². The first-order valence-electron chi connectivity index (χ1n) is 7.43. The van der Waals surface area contributed by atoms with Gasteiger partial charge in [-0.3, -0.25) is 4.79 Å². The first-order valence-corrected chi connectivity index (χ1v) is 7.43. The van der Waals surface area contributed by atoms with Gasteiger partial charge in [0.2, 0.25) is 0 Å². The third-order valence-corrected chi connectivity index (χ3v) is 2.22. The Morgan fingerprint density at radius 2 is 1.86 bits per heavy atom. The molecule has 1 amide bonds. The van der Waals surface area contributed by atoms with Crippen LogP contribution >= 0.6 is 0 Å². The molecule has 0 radical (unpaired) electrons. The summed E-state index contributed by atoms with van der Waals surface area (Å²) in [7, 11) is 1.49. The fourth-order valence-corrected chi connectivity index (χ4v) is 1.45. The second-order valence-corrected chi connectivity index (χ2v) is 4.93. The zero-order valence-corrected chi connectivity index (χ0v) is 14.3. The fraction of sp³-hybridized carbons (Fsp3) is 0.412. The molecule has 0 spiro atoms. The van der Waals surface area contributed by atoms with Crippen molar-refractivity contribution in [3.8, 4) is 11.4 Å². The van der Waals surface area contributed by atoms with Crippen LogP contribution in [-0.4, -0.2) is 22.8 Å². The summed E-state index contributed by atoms with van der Waals surface area (Å²) in [6.45, 7) is 10.5. The van der Waals surface area contributed by atoms with Crippen molar-refractivity contribution in [2.45, 2.75) is 34.6 Å². The molecule has 0 aliphatic carbocycles. The van der Waals surface area contributed by atoms with Crippen molar-refractivity contribution in [3.05, 3.63) is 42.2 Å². The molecular weight excluding hydrogens is 278 g/mol. The Morgan fingerprint density at radius 3 is 2.27 bits per heavy atom. The molecule has 0 saturated carbocycles. The maximum Gasteiger partial charge on any atom is 0.252 e. The van der Waals surface area contributed by atoms with Crippen LogP contribution in [0.3, 0.4) is 0 Å². The molecule has 0 fully saturated rings. The number of amides is 1. The van der Waals surface area contributed by atoms with Gasteiger partial charge in [-0.15, -0.1) is 0 Å². The van der Waals surface area contributed by atoms with Crippen molar-refractivity contribution in [1.82, 2.24) is 9.78 Å². The van der Waals surface area contributed by atoms with Crippen LogP contribution in [0.15, 0.2) is 36.7 Å². The summed E-state index contributed by atoms with van der Waals surface area (Å²) in [5.74, 6) is 0.768. The number of carbonyl (C=O) groups is 1. The minimum atomic E-state index is -0.510. The van der Waals surface area contributed by atoms with E-state index in [1.807, 2.05) is 19.9 Å². The molecule has 0 aliphatic rings. The lowest BCUT2D eigenvalue weighted by Crippen LogP contribution is -2.12. The summed E-state index contributed by atoms with van der Waals surface area (Å²) in [5, 5.41) is 4.08. The van der Waals surface area contributed by atoms with Crippen LogP contribution in [0.1, 0.15) is 45.0 Å². The molecule has 122 valence electrons. The van der Waals surface area contributed by atoms with E-state index in [1.165, 1.54) is 7.11 Å². The van der Waals surface area contributed by atoms with Gasteiger partial charge in [-0.05, 0) is 24.1 Å². The van der Waals surface area contributed by atoms with E-state index in [1.54, 1.807) is 35.3 Å². The van der Waals surface area contributed by atoms with Crippen LogP contribution in [0.25, 0.3) is 5.69 Å². The SMILES string of the molecule is CC.CC(C)C.COc1cc(-n2cccn2)ccc1C(N)=O. The van der Waals surface area contributed by atoms with Crippen molar-refractivity contribution < 1.29 is 9.53 Å². The van der Waals surface area contributed by atoms with E-state index >= 15 is 0 Å². The summed E-state index contributed by atoms with van der Waals surface area (Å²) in [5.41, 5.74) is 6.39. The van der Waals surface area contributed by atoms with E-state index in [2.05, 4.69) is 25.9 Å². The van der Waals surface area contributed by atoms with Gasteiger partial charge in [-0.2, -0.15) is 5.10 Å². The third kappa shape index (κ3) is 6.43. The Kier molecular flexibility index (Phi) is 9.34. The van der Waals surface area contributed by atoms with Gasteiger partial charge in [-0.25, -0.2) is 4.68 Å². The van der Waals surface area contributed by atoms with Crippen LogP contribution in [0.4, 0.5) is 0 Å². The molecule has 2 N–H and O–H groups in total. The van der Waals surface area contributed by atoms with Crippen molar-refractivity contribution in [2.75, 3.05) is 7.11 Å². The zero-order valence-electron chi connectivity index (χ0n) is 14.3. The lowest BCUT2D eigenvalue weighted by molar-refractivity contribution is 0.0997. The number of primary amides is 1. The first-order chi connectivity index (χ1) is 10.5. The number of benzene rings is 1. The predicted molar refractivity (Wildman–Crippen MR) is 90.5 cm³/mol. The minimum Gasteiger partial charge on any atom is -0.496 e. The molecule has 0 unspecified atom stereocenters. The van der Waals surface area contributed by atoms with E-state index in [0.29, 0.717) is 11.3 Å². The highest BCUT2D eigenvalue weighted by Gasteiger charge is 2.10. The highest BCUT2D eigenvalue weighted by atomic mass is 16.5. The second kappa shape index (κ2) is 10.4. The topological polar surface area (TPSA) is 70.1 Å². The molecule has 1 heterocycles. The normalized spacial score (nSPS) is 9.23. The smallest absolute Gasteiger partial charge is 0.252 e. The molecule has 5 heteroatoms. The van der Waals surface area contributed by atoms with E-state index in [9.17, 15) is 4.79 Å². The predicted octanol–water partition coefficient (Wildman–Crippen LogP) is 3.67. The average molecular weight is 305 g/mol. The summed E-state index contributed by atoms with van der Waals surface area (Å²) >= 11 is 0. The molecule has 2 aromatic rings. The van der Waals surface area contributed by atoms with Crippen LogP contribution in [0.2, 0.25) is 0 Å². The van der Waals surface area contributed by atoms with Crippen LogP contribution < -0.4 is 10.5 Å². The molecule has 0 bridgehead atoms. The molecule has 5 nitrogen and oxygen atoms in total. The molecule has 0 aliphatic heterocycles. The average Bonchev–Trinajstić information content (AvgIpc) is 3.02. The minimum absolute atomic E-state index is 0.360. The highest BCUT2D eigenvalue weighted by Crippen LogP contribution is 2.21. The monoisotopic (exact) mass is 305 g/mol. The molecule has 22 heavy (non-hydrogen) atoms. The van der Waals surface area contributed by atoms with Crippen LogP contribution in [-0.2, 0) is 0 Å². The van der Waals surface area contributed by atoms with E-state index in [4.69, 9.17) is 10.5 Å². The van der Waals surface area contributed by atoms with Gasteiger partial charge in [0, 0.05) is 18.5 Å². The second-order valence-electron chi connectivity index (χ2n) is 4.93. The summed E-state index contributed by atoms with van der Waals surface area (Å²) in [4.78, 5) is 11.1. The van der Waals surface area contributed by atoms with E-state index in [0.717, 1.165) is 11.6 Å². The summed E-state index contributed by atoms with van der Waals surface area (Å²) in [6.07, 6.45) is 3.48. The van der Waals surface area contributed by atoms with Gasteiger partial charge < -0.3 is 10.5 Å². The fourth-order valence-electron chi connectivity index (χ4n) is 1.45. The largest absolute Gasteiger partial charge is 0.496 e.